The first kappa shape index (κ1) is 13.9. The molecule has 0 aliphatic heterocycles. The molecule has 0 saturated heterocycles. The molecule has 0 aromatic carbocycles. The number of carbonyl (C=O) groups excluding carboxylic acids is 1. The predicted molar refractivity (Wildman–Crippen MR) is 57.6 cm³/mol. The molecular weight excluding hydrogens is 198 g/mol. The maximum atomic E-state index is 10.5. The van der Waals surface area contributed by atoms with E-state index in [1.54, 1.807) is 0 Å². The number of ketones is 1. The Bertz CT molecular complexity index is 203. The normalized spacial score (nSPS) is 9.93. The van der Waals surface area contributed by atoms with Crippen LogP contribution in [0, 0.1) is 0 Å². The third-order valence-electron chi connectivity index (χ3n) is 1.50. The zero-order chi connectivity index (χ0) is 11.5. The molecule has 0 radical (unpaired) electrons. The van der Waals surface area contributed by atoms with Gasteiger partial charge in [-0.2, -0.15) is 0 Å². The van der Waals surface area contributed by atoms with E-state index in [1.165, 1.54) is 6.92 Å². The van der Waals surface area contributed by atoms with Gasteiger partial charge in [0.2, 0.25) is 0 Å². The van der Waals surface area contributed by atoms with Gasteiger partial charge in [-0.25, -0.2) is 0 Å². The first-order valence-electron chi connectivity index (χ1n) is 4.83. The molecule has 0 aliphatic rings. The highest BCUT2D eigenvalue weighted by Gasteiger charge is 1.93. The molecule has 0 aromatic heterocycles. The number of nitrogens with two attached hydrogens (primary N) is 2. The van der Waals surface area contributed by atoms with Gasteiger partial charge in [0.25, 0.3) is 0 Å². The Morgan fingerprint density at radius 1 is 1.13 bits per heavy atom. The van der Waals surface area contributed by atoms with Gasteiger partial charge in [0.1, 0.15) is 5.78 Å². The number of rotatable bonds is 9. The molecule has 0 unspecified atom stereocenters. The van der Waals surface area contributed by atoms with Gasteiger partial charge in [0, 0.05) is 6.42 Å². The van der Waals surface area contributed by atoms with Gasteiger partial charge in [0.05, 0.1) is 33.0 Å². The minimum Gasteiger partial charge on any atom is -0.379 e. The van der Waals surface area contributed by atoms with Crippen molar-refractivity contribution in [3.63, 3.8) is 0 Å². The minimum absolute atomic E-state index is 0.0660. The van der Waals surface area contributed by atoms with E-state index in [2.05, 4.69) is 4.99 Å². The molecule has 0 fully saturated rings. The van der Waals surface area contributed by atoms with Crippen molar-refractivity contribution in [2.24, 2.45) is 16.5 Å². The predicted octanol–water partition coefficient (Wildman–Crippen LogP) is -0.728. The molecule has 88 valence electrons. The van der Waals surface area contributed by atoms with Gasteiger partial charge in [-0.1, -0.05) is 0 Å². The third-order valence-corrected chi connectivity index (χ3v) is 1.50. The van der Waals surface area contributed by atoms with Crippen molar-refractivity contribution in [1.29, 1.82) is 0 Å². The van der Waals surface area contributed by atoms with Crippen molar-refractivity contribution < 1.29 is 14.3 Å². The van der Waals surface area contributed by atoms with E-state index in [0.717, 1.165) is 0 Å². The van der Waals surface area contributed by atoms with Crippen LogP contribution < -0.4 is 11.5 Å². The Kier molecular flexibility index (Phi) is 8.70. The highest BCUT2D eigenvalue weighted by Crippen LogP contribution is 1.85. The van der Waals surface area contributed by atoms with Crippen LogP contribution in [0.3, 0.4) is 0 Å². The van der Waals surface area contributed by atoms with Crippen LogP contribution in [-0.4, -0.2) is 44.7 Å². The number of Topliss-reactive ketones (excluding diaryl/α,β-unsaturated/α-hetero) is 1. The van der Waals surface area contributed by atoms with Crippen molar-refractivity contribution in [3.8, 4) is 0 Å². The molecule has 4 N–H and O–H groups in total. The third kappa shape index (κ3) is 12.9. The lowest BCUT2D eigenvalue weighted by Gasteiger charge is -2.03. The van der Waals surface area contributed by atoms with E-state index in [-0.39, 0.29) is 11.7 Å². The molecule has 15 heavy (non-hydrogen) atoms. The second-order valence-corrected chi connectivity index (χ2v) is 2.98. The van der Waals surface area contributed by atoms with Gasteiger partial charge in [0.15, 0.2) is 5.96 Å². The van der Waals surface area contributed by atoms with E-state index in [4.69, 9.17) is 20.9 Å². The van der Waals surface area contributed by atoms with E-state index in [9.17, 15) is 4.79 Å². The summed E-state index contributed by atoms with van der Waals surface area (Å²) in [5.74, 6) is 0.194. The summed E-state index contributed by atoms with van der Waals surface area (Å²) >= 11 is 0. The van der Waals surface area contributed by atoms with Crippen molar-refractivity contribution in [1.82, 2.24) is 0 Å². The van der Waals surface area contributed by atoms with Crippen LogP contribution in [0.5, 0.6) is 0 Å². The second-order valence-electron chi connectivity index (χ2n) is 2.98. The summed E-state index contributed by atoms with van der Waals surface area (Å²) in [6.45, 7) is 3.87. The Labute approximate surface area is 89.6 Å². The van der Waals surface area contributed by atoms with Crippen LogP contribution in [0.4, 0.5) is 0 Å². The number of nitrogens with zero attached hydrogens (tertiary/aromatic N) is 1. The Morgan fingerprint density at radius 2 is 1.73 bits per heavy atom. The maximum absolute atomic E-state index is 10.5. The molecule has 0 atom stereocenters. The molecule has 0 aliphatic carbocycles. The van der Waals surface area contributed by atoms with Gasteiger partial charge in [-0.15, -0.1) is 0 Å². The van der Waals surface area contributed by atoms with Crippen molar-refractivity contribution >= 4 is 11.7 Å². The topological polar surface area (TPSA) is 99.9 Å². The number of hydrogen-bond donors (Lipinski definition) is 2. The molecule has 0 amide bonds. The number of guanidine groups is 1. The van der Waals surface area contributed by atoms with Gasteiger partial charge in [-0.05, 0) is 6.92 Å². The van der Waals surface area contributed by atoms with Crippen LogP contribution in [0.15, 0.2) is 4.99 Å². The number of carbonyl (C=O) groups is 1. The summed E-state index contributed by atoms with van der Waals surface area (Å²) in [4.78, 5) is 14.3. The highest BCUT2D eigenvalue weighted by atomic mass is 16.5. The highest BCUT2D eigenvalue weighted by molar-refractivity contribution is 5.75. The number of aliphatic imine (C=N–C) groups is 1. The van der Waals surface area contributed by atoms with Crippen LogP contribution >= 0.6 is 0 Å². The maximum Gasteiger partial charge on any atom is 0.185 e. The summed E-state index contributed by atoms with van der Waals surface area (Å²) in [5.41, 5.74) is 10.2. The lowest BCUT2D eigenvalue weighted by Crippen LogP contribution is -2.23. The fourth-order valence-corrected chi connectivity index (χ4v) is 0.777. The monoisotopic (exact) mass is 217 g/mol. The van der Waals surface area contributed by atoms with Crippen molar-refractivity contribution in [3.05, 3.63) is 0 Å². The van der Waals surface area contributed by atoms with Crippen LogP contribution in [0.2, 0.25) is 0 Å². The first-order valence-corrected chi connectivity index (χ1v) is 4.83. The molecule has 6 nitrogen and oxygen atoms in total. The summed E-state index contributed by atoms with van der Waals surface area (Å²) in [6.07, 6.45) is 0.452. The summed E-state index contributed by atoms with van der Waals surface area (Å²) in [6, 6.07) is 0. The second kappa shape index (κ2) is 9.42. The van der Waals surface area contributed by atoms with Crippen molar-refractivity contribution in [2.45, 2.75) is 13.3 Å². The first-order chi connectivity index (χ1) is 7.13. The Balaban J connectivity index is 3.05. The zero-order valence-corrected chi connectivity index (χ0v) is 9.07. The van der Waals surface area contributed by atoms with Gasteiger partial charge in [-0.3, -0.25) is 9.79 Å². The summed E-state index contributed by atoms with van der Waals surface area (Å²) in [5, 5.41) is 0. The zero-order valence-electron chi connectivity index (χ0n) is 9.07. The van der Waals surface area contributed by atoms with Crippen LogP contribution in [-0.2, 0) is 14.3 Å². The quantitative estimate of drug-likeness (QED) is 0.301. The lowest BCUT2D eigenvalue weighted by atomic mass is 10.3. The molecule has 0 bridgehead atoms. The average molecular weight is 217 g/mol. The van der Waals surface area contributed by atoms with E-state index < -0.39 is 0 Å². The van der Waals surface area contributed by atoms with Crippen molar-refractivity contribution in [2.75, 3.05) is 33.0 Å². The summed E-state index contributed by atoms with van der Waals surface area (Å²) < 4.78 is 10.3. The van der Waals surface area contributed by atoms with E-state index in [0.29, 0.717) is 39.4 Å². The molecule has 0 heterocycles. The molecule has 0 saturated carbocycles. The molecule has 6 heteroatoms. The Hall–Kier alpha value is -1.14. The largest absolute Gasteiger partial charge is 0.379 e. The minimum atomic E-state index is 0.0660. The van der Waals surface area contributed by atoms with Gasteiger partial charge >= 0.3 is 0 Å². The molecule has 0 aromatic rings. The van der Waals surface area contributed by atoms with Crippen LogP contribution in [0.25, 0.3) is 0 Å². The Morgan fingerprint density at radius 3 is 2.27 bits per heavy atom. The van der Waals surface area contributed by atoms with E-state index in [1.807, 2.05) is 0 Å². The van der Waals surface area contributed by atoms with E-state index >= 15 is 0 Å². The SMILES string of the molecule is CC(=O)CCOCCOCCN=C(N)N. The molecule has 0 rings (SSSR count). The number of hydrogen-bond acceptors (Lipinski definition) is 4. The lowest BCUT2D eigenvalue weighted by molar-refractivity contribution is -0.118. The summed E-state index contributed by atoms with van der Waals surface area (Å²) in [7, 11) is 0. The molecular formula is C9H19N3O3. The average Bonchev–Trinajstić information content (AvgIpc) is 2.14. The number of ether oxygens (including phenoxy) is 2. The van der Waals surface area contributed by atoms with Gasteiger partial charge < -0.3 is 20.9 Å². The van der Waals surface area contributed by atoms with Crippen LogP contribution in [0.1, 0.15) is 13.3 Å². The smallest absolute Gasteiger partial charge is 0.185 e. The fraction of sp³-hybridized carbons (Fsp3) is 0.778. The molecule has 0 spiro atoms. The fourth-order valence-electron chi connectivity index (χ4n) is 0.777. The standard InChI is InChI=1S/C9H19N3O3/c1-8(13)2-4-14-6-7-15-5-3-12-9(10)11/h2-7H2,1H3,(H4,10,11,12).